The second-order valence-corrected chi connectivity index (χ2v) is 7.63. The Bertz CT molecular complexity index is 1230. The Balaban J connectivity index is 1.45. The number of fused-ring (bicyclic) bond motifs is 3. The standard InChI is InChI=1S/C25H20F2N2O5/c26-19-9-10-20(23(27)22(19)24(32)28-12-11-21(30)31)29-25(33)34-13-18-16-7-3-1-5-14(16)15-6-2-4-8-17(15)18/h1-10,18H,11-13H2,(H,28,32)(H,29,33)(H,30,31). The molecule has 7 nitrogen and oxygen atoms in total. The van der Waals surface area contributed by atoms with Crippen molar-refractivity contribution in [2.75, 3.05) is 18.5 Å². The SMILES string of the molecule is O=C(O)CCNC(=O)c1c(F)ccc(NC(=O)OCC2c3ccccc3-c3ccccc32)c1F. The van der Waals surface area contributed by atoms with Gasteiger partial charge in [0.15, 0.2) is 5.82 Å². The Morgan fingerprint density at radius 1 is 0.912 bits per heavy atom. The van der Waals surface area contributed by atoms with Crippen molar-refractivity contribution in [3.05, 3.63) is 89.0 Å². The fourth-order valence-electron chi connectivity index (χ4n) is 3.97. The smallest absolute Gasteiger partial charge is 0.411 e. The Kier molecular flexibility index (Phi) is 6.53. The Hall–Kier alpha value is -4.27. The van der Waals surface area contributed by atoms with Crippen molar-refractivity contribution in [2.45, 2.75) is 12.3 Å². The van der Waals surface area contributed by atoms with Gasteiger partial charge in [-0.3, -0.25) is 14.9 Å². The molecule has 0 bridgehead atoms. The summed E-state index contributed by atoms with van der Waals surface area (Å²) in [6.45, 7) is -0.317. The van der Waals surface area contributed by atoms with Crippen LogP contribution in [0.2, 0.25) is 0 Å². The van der Waals surface area contributed by atoms with E-state index in [1.807, 2.05) is 48.5 Å². The summed E-state index contributed by atoms with van der Waals surface area (Å²) in [6, 6.07) is 17.3. The number of carbonyl (C=O) groups excluding carboxylic acids is 2. The van der Waals surface area contributed by atoms with E-state index in [-0.39, 0.29) is 19.1 Å². The number of halogens is 2. The van der Waals surface area contributed by atoms with Crippen LogP contribution in [0.15, 0.2) is 60.7 Å². The lowest BCUT2D eigenvalue weighted by molar-refractivity contribution is -0.136. The molecule has 0 heterocycles. The molecule has 3 aromatic carbocycles. The first-order chi connectivity index (χ1) is 16.4. The molecule has 0 spiro atoms. The fraction of sp³-hybridized carbons (Fsp3) is 0.160. The molecule has 0 aromatic heterocycles. The van der Waals surface area contributed by atoms with Crippen LogP contribution in [0, 0.1) is 11.6 Å². The van der Waals surface area contributed by atoms with Gasteiger partial charge in [-0.05, 0) is 34.4 Å². The zero-order chi connectivity index (χ0) is 24.2. The molecule has 0 radical (unpaired) electrons. The molecule has 0 aliphatic heterocycles. The van der Waals surface area contributed by atoms with Gasteiger partial charge < -0.3 is 15.2 Å². The molecule has 0 atom stereocenters. The van der Waals surface area contributed by atoms with Crippen LogP contribution >= 0.6 is 0 Å². The molecule has 4 rings (SSSR count). The van der Waals surface area contributed by atoms with Crippen molar-refractivity contribution in [1.29, 1.82) is 0 Å². The molecule has 174 valence electrons. The van der Waals surface area contributed by atoms with Crippen LogP contribution < -0.4 is 10.6 Å². The van der Waals surface area contributed by atoms with E-state index in [9.17, 15) is 23.2 Å². The summed E-state index contributed by atoms with van der Waals surface area (Å²) in [5.74, 6) is -4.95. The summed E-state index contributed by atoms with van der Waals surface area (Å²) < 4.78 is 34.2. The molecule has 0 saturated carbocycles. The average Bonchev–Trinajstić information content (AvgIpc) is 3.13. The molecular formula is C25H20F2N2O5. The third-order valence-corrected chi connectivity index (χ3v) is 5.52. The molecular weight excluding hydrogens is 446 g/mol. The summed E-state index contributed by atoms with van der Waals surface area (Å²) in [6.07, 6.45) is -1.38. The first-order valence-electron chi connectivity index (χ1n) is 10.5. The van der Waals surface area contributed by atoms with Crippen LogP contribution in [-0.4, -0.2) is 36.2 Å². The first-order valence-corrected chi connectivity index (χ1v) is 10.5. The van der Waals surface area contributed by atoms with Crippen LogP contribution in [0.4, 0.5) is 19.3 Å². The van der Waals surface area contributed by atoms with Gasteiger partial charge in [-0.1, -0.05) is 48.5 Å². The molecule has 3 N–H and O–H groups in total. The lowest BCUT2D eigenvalue weighted by atomic mass is 9.98. The number of carboxylic acids is 1. The van der Waals surface area contributed by atoms with Gasteiger partial charge in [0.1, 0.15) is 18.0 Å². The zero-order valence-electron chi connectivity index (χ0n) is 17.8. The predicted octanol–water partition coefficient (Wildman–Crippen LogP) is 4.53. The maximum absolute atomic E-state index is 14.8. The van der Waals surface area contributed by atoms with E-state index in [0.29, 0.717) is 0 Å². The number of rotatable bonds is 7. The maximum atomic E-state index is 14.8. The number of aliphatic carboxylic acids is 1. The highest BCUT2D eigenvalue weighted by Crippen LogP contribution is 2.44. The molecule has 0 saturated heterocycles. The molecule has 1 aliphatic rings. The van der Waals surface area contributed by atoms with Crippen LogP contribution in [0.25, 0.3) is 11.1 Å². The van der Waals surface area contributed by atoms with Crippen molar-refractivity contribution in [2.24, 2.45) is 0 Å². The second kappa shape index (κ2) is 9.70. The van der Waals surface area contributed by atoms with Gasteiger partial charge in [-0.15, -0.1) is 0 Å². The van der Waals surface area contributed by atoms with Crippen molar-refractivity contribution < 1.29 is 33.0 Å². The van der Waals surface area contributed by atoms with Crippen LogP contribution in [0.5, 0.6) is 0 Å². The number of carbonyl (C=O) groups is 3. The number of benzene rings is 3. The average molecular weight is 466 g/mol. The monoisotopic (exact) mass is 466 g/mol. The van der Waals surface area contributed by atoms with Gasteiger partial charge in [-0.25, -0.2) is 13.6 Å². The number of amides is 2. The highest BCUT2D eigenvalue weighted by molar-refractivity contribution is 5.97. The van der Waals surface area contributed by atoms with Crippen molar-refractivity contribution in [3.8, 4) is 11.1 Å². The van der Waals surface area contributed by atoms with Gasteiger partial charge in [0.2, 0.25) is 0 Å². The van der Waals surface area contributed by atoms with Crippen LogP contribution in [-0.2, 0) is 9.53 Å². The van der Waals surface area contributed by atoms with Gasteiger partial charge in [0.25, 0.3) is 5.91 Å². The first kappa shape index (κ1) is 22.9. The number of carboxylic acid groups (broad SMARTS) is 1. The molecule has 0 fully saturated rings. The van der Waals surface area contributed by atoms with Gasteiger partial charge in [-0.2, -0.15) is 0 Å². The third-order valence-electron chi connectivity index (χ3n) is 5.52. The number of hydrogen-bond donors (Lipinski definition) is 3. The van der Waals surface area contributed by atoms with E-state index < -0.39 is 47.3 Å². The van der Waals surface area contributed by atoms with E-state index in [2.05, 4.69) is 10.6 Å². The highest BCUT2D eigenvalue weighted by atomic mass is 19.1. The molecule has 0 unspecified atom stereocenters. The van der Waals surface area contributed by atoms with Crippen molar-refractivity contribution in [3.63, 3.8) is 0 Å². The quantitative estimate of drug-likeness (QED) is 0.475. The van der Waals surface area contributed by atoms with Gasteiger partial charge in [0.05, 0.1) is 12.1 Å². The normalized spacial score (nSPS) is 11.9. The largest absolute Gasteiger partial charge is 0.481 e. The lowest BCUT2D eigenvalue weighted by Gasteiger charge is -2.15. The number of nitrogens with one attached hydrogen (secondary N) is 2. The second-order valence-electron chi connectivity index (χ2n) is 7.63. The summed E-state index contributed by atoms with van der Waals surface area (Å²) in [5.41, 5.74) is 2.74. The minimum Gasteiger partial charge on any atom is -0.481 e. The summed E-state index contributed by atoms with van der Waals surface area (Å²) in [7, 11) is 0. The Morgan fingerprint density at radius 2 is 1.53 bits per heavy atom. The van der Waals surface area contributed by atoms with Gasteiger partial charge in [0, 0.05) is 12.5 Å². The highest BCUT2D eigenvalue weighted by Gasteiger charge is 2.29. The summed E-state index contributed by atoms with van der Waals surface area (Å²) >= 11 is 0. The van der Waals surface area contributed by atoms with Crippen molar-refractivity contribution >= 4 is 23.7 Å². The van der Waals surface area contributed by atoms with E-state index in [0.717, 1.165) is 34.4 Å². The maximum Gasteiger partial charge on any atom is 0.411 e. The molecule has 1 aliphatic carbocycles. The third kappa shape index (κ3) is 4.59. The van der Waals surface area contributed by atoms with Crippen LogP contribution in [0.3, 0.4) is 0 Å². The summed E-state index contributed by atoms with van der Waals surface area (Å²) in [4.78, 5) is 35.1. The number of hydrogen-bond acceptors (Lipinski definition) is 4. The molecule has 34 heavy (non-hydrogen) atoms. The minimum atomic E-state index is -1.29. The van der Waals surface area contributed by atoms with Crippen LogP contribution in [0.1, 0.15) is 33.8 Å². The predicted molar refractivity (Wildman–Crippen MR) is 120 cm³/mol. The Labute approximate surface area is 193 Å². The molecule has 2 amide bonds. The minimum absolute atomic E-state index is 0.00872. The van der Waals surface area contributed by atoms with E-state index >= 15 is 0 Å². The van der Waals surface area contributed by atoms with E-state index in [1.54, 1.807) is 0 Å². The molecule has 9 heteroatoms. The zero-order valence-corrected chi connectivity index (χ0v) is 17.8. The topological polar surface area (TPSA) is 105 Å². The Morgan fingerprint density at radius 3 is 2.15 bits per heavy atom. The lowest BCUT2D eigenvalue weighted by Crippen LogP contribution is -2.28. The number of ether oxygens (including phenoxy) is 1. The molecule has 3 aromatic rings. The number of anilines is 1. The fourth-order valence-corrected chi connectivity index (χ4v) is 3.97. The summed E-state index contributed by atoms with van der Waals surface area (Å²) in [5, 5.41) is 13.0. The van der Waals surface area contributed by atoms with E-state index in [1.165, 1.54) is 0 Å². The van der Waals surface area contributed by atoms with Crippen molar-refractivity contribution in [1.82, 2.24) is 5.32 Å². The van der Waals surface area contributed by atoms with Gasteiger partial charge >= 0.3 is 12.1 Å². The van der Waals surface area contributed by atoms with E-state index in [4.69, 9.17) is 9.84 Å².